The molecular formula is C17H17NO3. The molecule has 1 heterocycles. The Bertz CT molecular complexity index is 705. The van der Waals surface area contributed by atoms with Crippen molar-refractivity contribution in [2.45, 2.75) is 20.8 Å². The van der Waals surface area contributed by atoms with Crippen LogP contribution in [0.3, 0.4) is 0 Å². The van der Waals surface area contributed by atoms with Crippen LogP contribution < -0.4 is 4.74 Å². The van der Waals surface area contributed by atoms with Gasteiger partial charge in [-0.05, 0) is 55.2 Å². The third-order valence-corrected chi connectivity index (χ3v) is 3.25. The van der Waals surface area contributed by atoms with Crippen LogP contribution in [0.25, 0.3) is 6.08 Å². The minimum Gasteiger partial charge on any atom is -0.478 e. The average molecular weight is 283 g/mol. The molecule has 0 bridgehead atoms. The van der Waals surface area contributed by atoms with E-state index in [9.17, 15) is 4.79 Å². The van der Waals surface area contributed by atoms with Gasteiger partial charge in [0, 0.05) is 12.3 Å². The van der Waals surface area contributed by atoms with Crippen LogP contribution in [0.15, 0.2) is 36.7 Å². The fourth-order valence-corrected chi connectivity index (χ4v) is 1.95. The number of hydrogen-bond acceptors (Lipinski definition) is 3. The minimum atomic E-state index is -0.994. The zero-order valence-corrected chi connectivity index (χ0v) is 12.3. The first-order chi connectivity index (χ1) is 9.97. The maximum atomic E-state index is 10.5. The van der Waals surface area contributed by atoms with E-state index >= 15 is 0 Å². The molecule has 1 aromatic heterocycles. The van der Waals surface area contributed by atoms with Gasteiger partial charge in [-0.15, -0.1) is 0 Å². The predicted octanol–water partition coefficient (Wildman–Crippen LogP) is 3.90. The summed E-state index contributed by atoms with van der Waals surface area (Å²) in [6.07, 6.45) is 5.75. The second-order valence-electron chi connectivity index (χ2n) is 4.88. The Kier molecular flexibility index (Phi) is 4.38. The number of hydrogen-bond donors (Lipinski definition) is 1. The lowest BCUT2D eigenvalue weighted by atomic mass is 10.1. The van der Waals surface area contributed by atoms with Crippen molar-refractivity contribution in [1.82, 2.24) is 4.98 Å². The standard InChI is InChI=1S/C17H17NO3/c1-11-4-5-12(2)17(13(11)3)21-15-8-14(9-18-10-15)6-7-16(19)20/h4-10H,1-3H3,(H,19,20)/b7-6+. The Morgan fingerprint density at radius 3 is 2.62 bits per heavy atom. The molecule has 4 heteroatoms. The van der Waals surface area contributed by atoms with E-state index in [0.717, 1.165) is 28.5 Å². The van der Waals surface area contributed by atoms with Gasteiger partial charge in [0.2, 0.25) is 0 Å². The summed E-state index contributed by atoms with van der Waals surface area (Å²) in [5.41, 5.74) is 3.97. The number of carboxylic acid groups (broad SMARTS) is 1. The van der Waals surface area contributed by atoms with Crippen LogP contribution in [0.1, 0.15) is 22.3 Å². The van der Waals surface area contributed by atoms with E-state index in [1.165, 1.54) is 6.08 Å². The first kappa shape index (κ1) is 14.8. The maximum Gasteiger partial charge on any atom is 0.328 e. The quantitative estimate of drug-likeness (QED) is 0.865. The van der Waals surface area contributed by atoms with Gasteiger partial charge in [0.25, 0.3) is 0 Å². The normalized spacial score (nSPS) is 10.8. The molecule has 21 heavy (non-hydrogen) atoms. The fourth-order valence-electron chi connectivity index (χ4n) is 1.95. The fraction of sp³-hybridized carbons (Fsp3) is 0.176. The summed E-state index contributed by atoms with van der Waals surface area (Å²) in [4.78, 5) is 14.6. The second-order valence-corrected chi connectivity index (χ2v) is 4.88. The summed E-state index contributed by atoms with van der Waals surface area (Å²) in [6, 6.07) is 5.83. The maximum absolute atomic E-state index is 10.5. The third kappa shape index (κ3) is 3.69. The van der Waals surface area contributed by atoms with Gasteiger partial charge in [-0.1, -0.05) is 12.1 Å². The zero-order valence-electron chi connectivity index (χ0n) is 12.3. The summed E-state index contributed by atoms with van der Waals surface area (Å²) in [5.74, 6) is 0.405. The minimum absolute atomic E-state index is 0.583. The molecule has 0 saturated carbocycles. The summed E-state index contributed by atoms with van der Waals surface area (Å²) < 4.78 is 5.92. The van der Waals surface area contributed by atoms with Gasteiger partial charge in [-0.2, -0.15) is 0 Å². The molecule has 108 valence electrons. The van der Waals surface area contributed by atoms with E-state index in [1.807, 2.05) is 26.8 Å². The molecule has 4 nitrogen and oxygen atoms in total. The number of pyridine rings is 1. The number of rotatable bonds is 4. The lowest BCUT2D eigenvalue weighted by Crippen LogP contribution is -1.94. The van der Waals surface area contributed by atoms with Crippen molar-refractivity contribution in [1.29, 1.82) is 0 Å². The number of ether oxygens (including phenoxy) is 1. The molecule has 1 N–H and O–H groups in total. The highest BCUT2D eigenvalue weighted by Gasteiger charge is 2.08. The molecule has 1 aromatic carbocycles. The van der Waals surface area contributed by atoms with Gasteiger partial charge >= 0.3 is 5.97 Å². The highest BCUT2D eigenvalue weighted by molar-refractivity contribution is 5.85. The lowest BCUT2D eigenvalue weighted by Gasteiger charge is -2.13. The van der Waals surface area contributed by atoms with Crippen molar-refractivity contribution in [2.75, 3.05) is 0 Å². The second kappa shape index (κ2) is 6.22. The zero-order chi connectivity index (χ0) is 15.4. The van der Waals surface area contributed by atoms with Crippen LogP contribution in [0.4, 0.5) is 0 Å². The van der Waals surface area contributed by atoms with Crippen molar-refractivity contribution in [2.24, 2.45) is 0 Å². The summed E-state index contributed by atoms with van der Waals surface area (Å²) >= 11 is 0. The molecule has 0 spiro atoms. The Morgan fingerprint density at radius 1 is 1.19 bits per heavy atom. The number of benzene rings is 1. The highest BCUT2D eigenvalue weighted by Crippen LogP contribution is 2.30. The molecule has 0 aliphatic rings. The van der Waals surface area contributed by atoms with Gasteiger partial charge in [-0.25, -0.2) is 4.79 Å². The number of aliphatic carboxylic acids is 1. The molecule has 0 aliphatic heterocycles. The van der Waals surface area contributed by atoms with Crippen molar-refractivity contribution in [3.8, 4) is 11.5 Å². The topological polar surface area (TPSA) is 59.4 Å². The van der Waals surface area contributed by atoms with Crippen molar-refractivity contribution >= 4 is 12.0 Å². The largest absolute Gasteiger partial charge is 0.478 e. The van der Waals surface area contributed by atoms with Crippen molar-refractivity contribution in [3.63, 3.8) is 0 Å². The smallest absolute Gasteiger partial charge is 0.328 e. The van der Waals surface area contributed by atoms with E-state index < -0.39 is 5.97 Å². The molecular weight excluding hydrogens is 266 g/mol. The van der Waals surface area contributed by atoms with Crippen LogP contribution in [-0.4, -0.2) is 16.1 Å². The van der Waals surface area contributed by atoms with Crippen LogP contribution in [0.2, 0.25) is 0 Å². The molecule has 2 rings (SSSR count). The van der Waals surface area contributed by atoms with Gasteiger partial charge in [-0.3, -0.25) is 4.98 Å². The van der Waals surface area contributed by atoms with Gasteiger partial charge in [0.15, 0.2) is 0 Å². The van der Waals surface area contributed by atoms with E-state index in [-0.39, 0.29) is 0 Å². The Hall–Kier alpha value is -2.62. The lowest BCUT2D eigenvalue weighted by molar-refractivity contribution is -0.131. The number of carboxylic acids is 1. The summed E-state index contributed by atoms with van der Waals surface area (Å²) in [7, 11) is 0. The number of carbonyl (C=O) groups is 1. The van der Waals surface area contributed by atoms with E-state index in [2.05, 4.69) is 11.1 Å². The molecule has 0 unspecified atom stereocenters. The summed E-state index contributed by atoms with van der Waals surface area (Å²) in [6.45, 7) is 6.04. The van der Waals surface area contributed by atoms with Gasteiger partial charge in [0.05, 0.1) is 6.20 Å². The first-order valence-electron chi connectivity index (χ1n) is 6.58. The first-order valence-corrected chi connectivity index (χ1v) is 6.58. The van der Waals surface area contributed by atoms with Crippen LogP contribution >= 0.6 is 0 Å². The van der Waals surface area contributed by atoms with E-state index in [0.29, 0.717) is 11.3 Å². The molecule has 0 amide bonds. The Balaban J connectivity index is 2.31. The monoisotopic (exact) mass is 283 g/mol. The molecule has 0 saturated heterocycles. The molecule has 0 aliphatic carbocycles. The Morgan fingerprint density at radius 2 is 1.90 bits per heavy atom. The SMILES string of the molecule is Cc1ccc(C)c(Oc2cncc(/C=C/C(=O)O)c2)c1C. The van der Waals surface area contributed by atoms with Gasteiger partial charge < -0.3 is 9.84 Å². The van der Waals surface area contributed by atoms with E-state index in [4.69, 9.17) is 9.84 Å². The number of nitrogens with zero attached hydrogens (tertiary/aromatic N) is 1. The highest BCUT2D eigenvalue weighted by atomic mass is 16.5. The predicted molar refractivity (Wildman–Crippen MR) is 81.6 cm³/mol. The van der Waals surface area contributed by atoms with Crippen molar-refractivity contribution in [3.05, 3.63) is 58.9 Å². The van der Waals surface area contributed by atoms with E-state index in [1.54, 1.807) is 18.5 Å². The molecule has 0 radical (unpaired) electrons. The van der Waals surface area contributed by atoms with Crippen molar-refractivity contribution < 1.29 is 14.6 Å². The van der Waals surface area contributed by atoms with Crippen LogP contribution in [-0.2, 0) is 4.79 Å². The number of aryl methyl sites for hydroxylation is 2. The number of aromatic nitrogens is 1. The molecule has 2 aromatic rings. The summed E-state index contributed by atoms with van der Waals surface area (Å²) in [5, 5.41) is 8.64. The van der Waals surface area contributed by atoms with Crippen LogP contribution in [0, 0.1) is 20.8 Å². The Labute approximate surface area is 123 Å². The van der Waals surface area contributed by atoms with Gasteiger partial charge in [0.1, 0.15) is 11.5 Å². The molecule has 0 atom stereocenters. The van der Waals surface area contributed by atoms with Crippen LogP contribution in [0.5, 0.6) is 11.5 Å². The third-order valence-electron chi connectivity index (χ3n) is 3.25. The molecule has 0 fully saturated rings. The average Bonchev–Trinajstić information content (AvgIpc) is 2.46.